The Morgan fingerprint density at radius 1 is 0.960 bits per heavy atom. The van der Waals surface area contributed by atoms with E-state index in [0.29, 0.717) is 22.2 Å². The molecule has 0 aliphatic carbocycles. The molecule has 0 radical (unpaired) electrons. The first-order valence-electron chi connectivity index (χ1n) is 16.7. The molecule has 12 heteroatoms. The predicted octanol–water partition coefficient (Wildman–Crippen LogP) is 3.80. The van der Waals surface area contributed by atoms with Gasteiger partial charge in [-0.2, -0.15) is 0 Å². The van der Waals surface area contributed by atoms with Crippen LogP contribution in [0.1, 0.15) is 24.5 Å². The van der Waals surface area contributed by atoms with Crippen molar-refractivity contribution in [2.45, 2.75) is 42.7 Å². The lowest BCUT2D eigenvalue weighted by molar-refractivity contribution is -0.162. The summed E-state index contributed by atoms with van der Waals surface area (Å²) in [6.07, 6.45) is 4.09. The number of likely N-dealkylation sites (tertiary alicyclic amines) is 1. The number of carbonyl (C=O) groups excluding carboxylic acids is 4. The number of hydrogen-bond acceptors (Lipinski definition) is 8. The SMILES string of the molecule is COC[C@@H]1NC(=O)CC/C=C\CN(c2ccc3ccccc3c2)C(=O)[C@H]2N(CCO)C(=O)[C@@H]3[C@@H](C(=O)O[C@H]1c1ccccc1)[C@@H]1O[C@@]32C=C1Br. The molecule has 4 aliphatic heterocycles. The van der Waals surface area contributed by atoms with Gasteiger partial charge in [0.15, 0.2) is 0 Å². The number of amides is 3. The number of cyclic esters (lactones) is 1. The van der Waals surface area contributed by atoms with Gasteiger partial charge in [0.2, 0.25) is 11.8 Å². The number of nitrogens with zero attached hydrogens (tertiary/aromatic N) is 2. The van der Waals surface area contributed by atoms with Crippen LogP contribution in [0, 0.1) is 11.8 Å². The van der Waals surface area contributed by atoms with Crippen molar-refractivity contribution in [1.82, 2.24) is 10.2 Å². The van der Waals surface area contributed by atoms with E-state index < -0.39 is 66.1 Å². The predicted molar refractivity (Wildman–Crippen MR) is 188 cm³/mol. The third-order valence-electron chi connectivity index (χ3n) is 10.0. The Kier molecular flexibility index (Phi) is 9.62. The number of aliphatic hydroxyl groups is 1. The molecular formula is C38H38BrN3O8. The number of ether oxygens (including phenoxy) is 3. The van der Waals surface area contributed by atoms with E-state index in [4.69, 9.17) is 14.2 Å². The van der Waals surface area contributed by atoms with Gasteiger partial charge < -0.3 is 34.4 Å². The lowest BCUT2D eigenvalue weighted by Gasteiger charge is -2.35. The van der Waals surface area contributed by atoms with E-state index in [1.807, 2.05) is 72.8 Å². The number of β-amino-alcohol motifs (C(OH)–C–C–N with tert-alkyl or cyclic N) is 1. The summed E-state index contributed by atoms with van der Waals surface area (Å²) in [4.78, 5) is 60.0. The highest BCUT2D eigenvalue weighted by atomic mass is 79.9. The van der Waals surface area contributed by atoms with Crippen molar-refractivity contribution in [2.75, 3.05) is 38.3 Å². The van der Waals surface area contributed by atoms with Gasteiger partial charge in [-0.3, -0.25) is 19.2 Å². The summed E-state index contributed by atoms with van der Waals surface area (Å²) < 4.78 is 18.9. The zero-order valence-electron chi connectivity index (χ0n) is 27.4. The summed E-state index contributed by atoms with van der Waals surface area (Å²) in [5.41, 5.74) is -0.274. The Morgan fingerprint density at radius 3 is 2.48 bits per heavy atom. The van der Waals surface area contributed by atoms with Gasteiger partial charge in [0, 0.05) is 36.8 Å². The Labute approximate surface area is 298 Å². The van der Waals surface area contributed by atoms with Crippen LogP contribution in [0.3, 0.4) is 0 Å². The molecule has 11 nitrogen and oxygen atoms in total. The van der Waals surface area contributed by atoms with Crippen LogP contribution in [0.15, 0.2) is 95.5 Å². The van der Waals surface area contributed by atoms with E-state index in [2.05, 4.69) is 21.2 Å². The van der Waals surface area contributed by atoms with Crippen LogP contribution < -0.4 is 10.2 Å². The number of halogens is 1. The number of allylic oxidation sites excluding steroid dienone is 1. The fraction of sp³-hybridized carbons (Fsp3) is 0.368. The minimum absolute atomic E-state index is 0.0521. The van der Waals surface area contributed by atoms with Crippen LogP contribution >= 0.6 is 15.9 Å². The van der Waals surface area contributed by atoms with Gasteiger partial charge in [0.1, 0.15) is 29.8 Å². The topological polar surface area (TPSA) is 135 Å². The molecule has 0 aromatic heterocycles. The van der Waals surface area contributed by atoms with Crippen LogP contribution in [-0.2, 0) is 33.4 Å². The Hall–Kier alpha value is -4.36. The standard InChI is InChI=1S/C38H38BrN3O8/c1-48-22-28-32(24-11-4-2-5-12-24)49-37(47)30-31-35(45)42(18-19-43)34(38(31)21-27(39)33(30)50-38)36(46)41(17-9-3-6-14-29(44)40-28)26-16-15-23-10-7-8-13-25(23)20-26/h2-5,7-13,15-16,20-21,28,30-34,43H,6,14,17-19,22H2,1H3,(H,40,44)/b9-3-/t28-,30+,31-,32-,33+,34+,38-/m0/s1. The number of rotatable bonds is 6. The summed E-state index contributed by atoms with van der Waals surface area (Å²) in [7, 11) is 1.50. The minimum atomic E-state index is -1.51. The van der Waals surface area contributed by atoms with Crippen LogP contribution in [0.4, 0.5) is 5.69 Å². The second-order valence-electron chi connectivity index (χ2n) is 13.0. The highest BCUT2D eigenvalue weighted by molar-refractivity contribution is 9.11. The van der Waals surface area contributed by atoms with E-state index in [1.165, 1.54) is 12.0 Å². The van der Waals surface area contributed by atoms with Gasteiger partial charge in [-0.25, -0.2) is 0 Å². The van der Waals surface area contributed by atoms with Crippen LogP contribution in [0.25, 0.3) is 10.8 Å². The first kappa shape index (κ1) is 34.1. The third-order valence-corrected chi connectivity index (χ3v) is 10.7. The molecular weight excluding hydrogens is 706 g/mol. The maximum absolute atomic E-state index is 15.0. The third kappa shape index (κ3) is 5.93. The Bertz CT molecular complexity index is 1870. The molecule has 7 rings (SSSR count). The zero-order valence-corrected chi connectivity index (χ0v) is 29.0. The highest BCUT2D eigenvalue weighted by Crippen LogP contribution is 2.59. The number of aliphatic hydroxyl groups excluding tert-OH is 1. The monoisotopic (exact) mass is 743 g/mol. The fourth-order valence-electron chi connectivity index (χ4n) is 7.83. The number of carbonyl (C=O) groups is 4. The first-order chi connectivity index (χ1) is 24.3. The molecule has 4 aliphatic rings. The zero-order chi connectivity index (χ0) is 35.0. The average molecular weight is 745 g/mol. The van der Waals surface area contributed by atoms with Crippen LogP contribution in [0.2, 0.25) is 0 Å². The highest BCUT2D eigenvalue weighted by Gasteiger charge is 2.75. The molecule has 3 aromatic rings. The lowest BCUT2D eigenvalue weighted by atomic mass is 9.74. The van der Waals surface area contributed by atoms with E-state index in [9.17, 15) is 24.3 Å². The van der Waals surface area contributed by atoms with E-state index in [-0.39, 0.29) is 32.0 Å². The molecule has 0 saturated carbocycles. The summed E-state index contributed by atoms with van der Waals surface area (Å²) in [6, 6.07) is 20.6. The van der Waals surface area contributed by atoms with Crippen molar-refractivity contribution in [2.24, 2.45) is 11.8 Å². The second-order valence-corrected chi connectivity index (χ2v) is 13.9. The Balaban J connectivity index is 1.35. The fourth-order valence-corrected chi connectivity index (χ4v) is 8.57. The van der Waals surface area contributed by atoms with E-state index in [1.54, 1.807) is 23.1 Å². The van der Waals surface area contributed by atoms with E-state index >= 15 is 0 Å². The number of nitrogens with one attached hydrogen (secondary N) is 1. The molecule has 260 valence electrons. The smallest absolute Gasteiger partial charge is 0.313 e. The van der Waals surface area contributed by atoms with Crippen molar-refractivity contribution in [3.05, 3.63) is 101 Å². The van der Waals surface area contributed by atoms with Gasteiger partial charge >= 0.3 is 5.97 Å². The minimum Gasteiger partial charge on any atom is -0.455 e. The number of benzene rings is 3. The largest absolute Gasteiger partial charge is 0.455 e. The quantitative estimate of drug-likeness (QED) is 0.288. The molecule has 3 aromatic carbocycles. The molecule has 5 bridgehead atoms. The normalized spacial score (nSPS) is 30.7. The van der Waals surface area contributed by atoms with Crippen LogP contribution in [0.5, 0.6) is 0 Å². The maximum atomic E-state index is 15.0. The van der Waals surface area contributed by atoms with Gasteiger partial charge in [-0.15, -0.1) is 0 Å². The number of hydrogen-bond donors (Lipinski definition) is 2. The molecule has 2 fully saturated rings. The molecule has 50 heavy (non-hydrogen) atoms. The van der Waals surface area contributed by atoms with Gasteiger partial charge in [-0.1, -0.05) is 88.7 Å². The van der Waals surface area contributed by atoms with Crippen molar-refractivity contribution in [3.8, 4) is 0 Å². The van der Waals surface area contributed by atoms with E-state index in [0.717, 1.165) is 10.8 Å². The van der Waals surface area contributed by atoms with Crippen molar-refractivity contribution in [1.29, 1.82) is 0 Å². The van der Waals surface area contributed by atoms with Gasteiger partial charge in [-0.05, 0) is 41.0 Å². The van der Waals surface area contributed by atoms with Gasteiger partial charge in [0.05, 0.1) is 25.2 Å². The van der Waals surface area contributed by atoms with Crippen molar-refractivity contribution < 1.29 is 38.5 Å². The lowest BCUT2D eigenvalue weighted by Crippen LogP contribution is -2.56. The summed E-state index contributed by atoms with van der Waals surface area (Å²) >= 11 is 3.58. The molecule has 0 unspecified atom stereocenters. The summed E-state index contributed by atoms with van der Waals surface area (Å²) in [5.74, 6) is -4.09. The molecule has 7 atom stereocenters. The molecule has 4 heterocycles. The van der Waals surface area contributed by atoms with Crippen molar-refractivity contribution >= 4 is 56.1 Å². The molecule has 2 saturated heterocycles. The number of anilines is 1. The number of fused-ring (bicyclic) bond motifs is 3. The molecule has 1 spiro atoms. The Morgan fingerprint density at radius 2 is 1.72 bits per heavy atom. The summed E-state index contributed by atoms with van der Waals surface area (Å²) in [6.45, 7) is -0.341. The maximum Gasteiger partial charge on any atom is 0.313 e. The molecule has 3 amide bonds. The van der Waals surface area contributed by atoms with Crippen LogP contribution in [-0.4, -0.2) is 90.9 Å². The number of esters is 1. The molecule has 2 N–H and O–H groups in total. The average Bonchev–Trinajstić information content (AvgIpc) is 3.71. The first-order valence-corrected chi connectivity index (χ1v) is 17.5. The van der Waals surface area contributed by atoms with Gasteiger partial charge in [0.25, 0.3) is 5.91 Å². The number of methoxy groups -OCH3 is 1. The second kappa shape index (κ2) is 14.1. The summed E-state index contributed by atoms with van der Waals surface area (Å²) in [5, 5.41) is 15.0. The van der Waals surface area contributed by atoms with Crippen molar-refractivity contribution in [3.63, 3.8) is 0 Å².